The smallest absolute Gasteiger partial charge is 0.418 e. The number of hydrogen-bond acceptors (Lipinski definition) is 3. The quantitative estimate of drug-likeness (QED) is 0.381. The minimum atomic E-state index is -4.64. The molecule has 184 valence electrons. The van der Waals surface area contributed by atoms with Crippen LogP contribution in [0.3, 0.4) is 0 Å². The molecule has 0 aliphatic rings. The van der Waals surface area contributed by atoms with Crippen LogP contribution in [0.4, 0.5) is 23.7 Å². The Kier molecular flexibility index (Phi) is 8.72. The third-order valence-corrected chi connectivity index (χ3v) is 5.23. The van der Waals surface area contributed by atoms with Crippen molar-refractivity contribution in [2.24, 2.45) is 0 Å². The number of urea groups is 1. The van der Waals surface area contributed by atoms with Gasteiger partial charge in [0.1, 0.15) is 12.3 Å². The van der Waals surface area contributed by atoms with Gasteiger partial charge >= 0.3 is 12.2 Å². The van der Waals surface area contributed by atoms with E-state index in [0.29, 0.717) is 18.7 Å². The van der Waals surface area contributed by atoms with Gasteiger partial charge in [-0.15, -0.1) is 6.58 Å². The number of nitrogens with one attached hydrogen (secondary N) is 1. The van der Waals surface area contributed by atoms with E-state index in [1.54, 1.807) is 17.0 Å². The zero-order valence-electron chi connectivity index (χ0n) is 19.0. The van der Waals surface area contributed by atoms with Crippen LogP contribution in [0.1, 0.15) is 16.9 Å². The number of para-hydroxylation sites is 1. The molecule has 0 fully saturated rings. The number of hydrogen-bond donors (Lipinski definition) is 1. The lowest BCUT2D eigenvalue weighted by Crippen LogP contribution is -2.45. The number of anilines is 1. The first-order chi connectivity index (χ1) is 16.8. The van der Waals surface area contributed by atoms with Crippen molar-refractivity contribution in [1.82, 2.24) is 9.80 Å². The Morgan fingerprint density at radius 3 is 2.34 bits per heavy atom. The number of amides is 3. The van der Waals surface area contributed by atoms with Crippen molar-refractivity contribution in [3.05, 3.63) is 103 Å². The lowest BCUT2D eigenvalue weighted by Gasteiger charge is -2.27. The van der Waals surface area contributed by atoms with Crippen molar-refractivity contribution in [1.29, 1.82) is 0 Å². The largest absolute Gasteiger partial charge is 0.467 e. The standard InChI is InChI=1S/C26H26F3N3O3/c1-2-15-32(25(34)30-23-13-7-6-12-22(23)26(27,28)29)19-24(33)31(18-21-11-8-17-35-21)16-14-20-9-4-3-5-10-20/h2-13,17H,1,14-16,18-19H2,(H,30,34). The van der Waals surface area contributed by atoms with E-state index < -0.39 is 17.8 Å². The first kappa shape index (κ1) is 25.6. The van der Waals surface area contributed by atoms with Gasteiger partial charge in [-0.2, -0.15) is 13.2 Å². The van der Waals surface area contributed by atoms with E-state index >= 15 is 0 Å². The summed E-state index contributed by atoms with van der Waals surface area (Å²) >= 11 is 0. The highest BCUT2D eigenvalue weighted by molar-refractivity contribution is 5.93. The van der Waals surface area contributed by atoms with Crippen LogP contribution in [0.15, 0.2) is 90.1 Å². The predicted octanol–water partition coefficient (Wildman–Crippen LogP) is 5.59. The van der Waals surface area contributed by atoms with Crippen LogP contribution in [0.2, 0.25) is 0 Å². The van der Waals surface area contributed by atoms with Gasteiger partial charge in [-0.25, -0.2) is 4.79 Å². The average molecular weight is 486 g/mol. The number of benzene rings is 2. The Bertz CT molecular complexity index is 1120. The van der Waals surface area contributed by atoms with Crippen molar-refractivity contribution in [2.75, 3.05) is 25.0 Å². The summed E-state index contributed by atoms with van der Waals surface area (Å²) in [6.45, 7) is 3.78. The van der Waals surface area contributed by atoms with Crippen LogP contribution in [-0.2, 0) is 23.9 Å². The van der Waals surface area contributed by atoms with Crippen LogP contribution in [-0.4, -0.2) is 41.4 Å². The molecule has 3 rings (SSSR count). The lowest BCUT2D eigenvalue weighted by molar-refractivity contribution is -0.137. The summed E-state index contributed by atoms with van der Waals surface area (Å²) in [5, 5.41) is 2.28. The monoisotopic (exact) mass is 485 g/mol. The molecule has 0 aliphatic heterocycles. The number of halogens is 3. The van der Waals surface area contributed by atoms with Gasteiger partial charge in [0.15, 0.2) is 0 Å². The highest BCUT2D eigenvalue weighted by Crippen LogP contribution is 2.34. The number of carbonyl (C=O) groups is 2. The van der Waals surface area contributed by atoms with E-state index in [1.165, 1.54) is 24.5 Å². The number of furan rings is 1. The molecule has 0 spiro atoms. The van der Waals surface area contributed by atoms with Gasteiger partial charge in [-0.1, -0.05) is 48.5 Å². The predicted molar refractivity (Wildman–Crippen MR) is 127 cm³/mol. The zero-order chi connectivity index (χ0) is 25.3. The molecule has 35 heavy (non-hydrogen) atoms. The molecule has 0 aliphatic carbocycles. The summed E-state index contributed by atoms with van der Waals surface area (Å²) in [5.41, 5.74) is -0.322. The van der Waals surface area contributed by atoms with Crippen molar-refractivity contribution in [3.63, 3.8) is 0 Å². The van der Waals surface area contributed by atoms with Crippen LogP contribution >= 0.6 is 0 Å². The maximum Gasteiger partial charge on any atom is 0.418 e. The molecular weight excluding hydrogens is 459 g/mol. The first-order valence-corrected chi connectivity index (χ1v) is 10.9. The summed E-state index contributed by atoms with van der Waals surface area (Å²) < 4.78 is 45.3. The Morgan fingerprint density at radius 2 is 1.69 bits per heavy atom. The van der Waals surface area contributed by atoms with E-state index in [-0.39, 0.29) is 31.2 Å². The fourth-order valence-electron chi connectivity index (χ4n) is 3.46. The second-order valence-corrected chi connectivity index (χ2v) is 7.77. The van der Waals surface area contributed by atoms with E-state index in [0.717, 1.165) is 22.6 Å². The molecule has 3 aromatic rings. The third kappa shape index (κ3) is 7.49. The van der Waals surface area contributed by atoms with Crippen molar-refractivity contribution in [3.8, 4) is 0 Å². The van der Waals surface area contributed by atoms with Crippen LogP contribution < -0.4 is 5.32 Å². The van der Waals surface area contributed by atoms with Gasteiger partial charge < -0.3 is 19.5 Å². The highest BCUT2D eigenvalue weighted by Gasteiger charge is 2.34. The molecule has 1 heterocycles. The van der Waals surface area contributed by atoms with Crippen LogP contribution in [0.25, 0.3) is 0 Å². The molecule has 0 saturated heterocycles. The van der Waals surface area contributed by atoms with E-state index in [2.05, 4.69) is 11.9 Å². The molecule has 1 aromatic heterocycles. The summed E-state index contributed by atoms with van der Waals surface area (Å²) in [7, 11) is 0. The molecule has 0 unspecified atom stereocenters. The molecule has 3 amide bonds. The highest BCUT2D eigenvalue weighted by atomic mass is 19.4. The number of carbonyl (C=O) groups excluding carboxylic acids is 2. The minimum Gasteiger partial charge on any atom is -0.467 e. The van der Waals surface area contributed by atoms with Crippen LogP contribution in [0, 0.1) is 0 Å². The molecular formula is C26H26F3N3O3. The Hall–Kier alpha value is -4.01. The van der Waals surface area contributed by atoms with Gasteiger partial charge in [0.05, 0.1) is 24.1 Å². The van der Waals surface area contributed by atoms with E-state index in [4.69, 9.17) is 4.42 Å². The Balaban J connectivity index is 1.73. The maximum atomic E-state index is 13.3. The summed E-state index contributed by atoms with van der Waals surface area (Å²) in [5.74, 6) is 0.198. The molecule has 6 nitrogen and oxygen atoms in total. The fourth-order valence-corrected chi connectivity index (χ4v) is 3.46. The SMILES string of the molecule is C=CCN(CC(=O)N(CCc1ccccc1)Cc1ccco1)C(=O)Nc1ccccc1C(F)(F)F. The first-order valence-electron chi connectivity index (χ1n) is 10.9. The van der Waals surface area contributed by atoms with Gasteiger partial charge in [0, 0.05) is 13.1 Å². The molecule has 0 bridgehead atoms. The molecule has 1 N–H and O–H groups in total. The summed E-state index contributed by atoms with van der Waals surface area (Å²) in [4.78, 5) is 28.7. The molecule has 0 atom stereocenters. The topological polar surface area (TPSA) is 65.8 Å². The summed E-state index contributed by atoms with van der Waals surface area (Å²) in [6.07, 6.45) is -1.14. The zero-order valence-corrected chi connectivity index (χ0v) is 19.0. The van der Waals surface area contributed by atoms with Gasteiger partial charge in [-0.05, 0) is 36.2 Å². The molecule has 0 saturated carbocycles. The van der Waals surface area contributed by atoms with E-state index in [9.17, 15) is 22.8 Å². The van der Waals surface area contributed by atoms with Crippen molar-refractivity contribution < 1.29 is 27.2 Å². The van der Waals surface area contributed by atoms with Gasteiger partial charge in [0.2, 0.25) is 5.91 Å². The van der Waals surface area contributed by atoms with E-state index in [1.807, 2.05) is 30.3 Å². The number of rotatable bonds is 10. The van der Waals surface area contributed by atoms with Crippen LogP contribution in [0.5, 0.6) is 0 Å². The number of alkyl halides is 3. The summed E-state index contributed by atoms with van der Waals surface area (Å²) in [6, 6.07) is 16.9. The van der Waals surface area contributed by atoms with Crippen molar-refractivity contribution >= 4 is 17.6 Å². The molecule has 2 aromatic carbocycles. The minimum absolute atomic E-state index is 0.0287. The molecule has 9 heteroatoms. The Labute approximate surface area is 201 Å². The molecule has 0 radical (unpaired) electrons. The maximum absolute atomic E-state index is 13.3. The lowest BCUT2D eigenvalue weighted by atomic mass is 10.1. The fraction of sp³-hybridized carbons (Fsp3) is 0.231. The normalized spacial score (nSPS) is 11.1. The second-order valence-electron chi connectivity index (χ2n) is 7.77. The van der Waals surface area contributed by atoms with Gasteiger partial charge in [0.25, 0.3) is 0 Å². The van der Waals surface area contributed by atoms with Gasteiger partial charge in [-0.3, -0.25) is 4.79 Å². The average Bonchev–Trinajstić information content (AvgIpc) is 3.35. The Morgan fingerprint density at radius 1 is 0.971 bits per heavy atom. The number of nitrogens with zero attached hydrogens (tertiary/aromatic N) is 2. The second kappa shape index (κ2) is 11.9. The van der Waals surface area contributed by atoms with Crippen molar-refractivity contribution in [2.45, 2.75) is 19.1 Å². The third-order valence-electron chi connectivity index (χ3n) is 5.23.